The number of benzene rings is 2. The summed E-state index contributed by atoms with van der Waals surface area (Å²) < 4.78 is 5.39. The summed E-state index contributed by atoms with van der Waals surface area (Å²) in [5.74, 6) is 0.876. The molecule has 1 fully saturated rings. The third-order valence-electron chi connectivity index (χ3n) is 6.66. The summed E-state index contributed by atoms with van der Waals surface area (Å²) in [5.41, 5.74) is 5.12. The first-order valence-corrected chi connectivity index (χ1v) is 11.5. The van der Waals surface area contributed by atoms with Gasteiger partial charge in [0.15, 0.2) is 5.11 Å². The summed E-state index contributed by atoms with van der Waals surface area (Å²) in [6, 6.07) is 17.6. The van der Waals surface area contributed by atoms with Gasteiger partial charge in [-0.15, -0.1) is 0 Å². The second-order valence-corrected chi connectivity index (χ2v) is 8.85. The average Bonchev–Trinajstić information content (AvgIpc) is 3.18. The van der Waals surface area contributed by atoms with Crippen LogP contribution in [0.15, 0.2) is 48.5 Å². The van der Waals surface area contributed by atoms with Gasteiger partial charge in [0.05, 0.1) is 13.2 Å². The van der Waals surface area contributed by atoms with E-state index < -0.39 is 0 Å². The van der Waals surface area contributed by atoms with Crippen LogP contribution in [0.5, 0.6) is 5.75 Å². The van der Waals surface area contributed by atoms with E-state index in [9.17, 15) is 0 Å². The van der Waals surface area contributed by atoms with E-state index in [1.165, 1.54) is 59.8 Å². The molecule has 2 heterocycles. The molecule has 2 aliphatic rings. The van der Waals surface area contributed by atoms with Gasteiger partial charge < -0.3 is 19.9 Å². The second kappa shape index (κ2) is 8.31. The molecule has 4 nitrogen and oxygen atoms in total. The highest BCUT2D eigenvalue weighted by Gasteiger charge is 2.33. The number of rotatable bonds is 3. The number of ether oxygens (including phenoxy) is 1. The number of fused-ring (bicyclic) bond motifs is 3. The van der Waals surface area contributed by atoms with Crippen LogP contribution in [0.2, 0.25) is 0 Å². The predicted octanol–water partition coefficient (Wildman–Crippen LogP) is 5.33. The van der Waals surface area contributed by atoms with Crippen LogP contribution >= 0.6 is 12.2 Å². The highest BCUT2D eigenvalue weighted by Crippen LogP contribution is 2.39. The van der Waals surface area contributed by atoms with Crippen LogP contribution in [-0.2, 0) is 6.42 Å². The minimum Gasteiger partial charge on any atom is -0.497 e. The maximum atomic E-state index is 5.97. The maximum Gasteiger partial charge on any atom is 0.170 e. The van der Waals surface area contributed by atoms with Gasteiger partial charge in [0.1, 0.15) is 5.75 Å². The molecule has 30 heavy (non-hydrogen) atoms. The molecule has 0 bridgehead atoms. The minimum atomic E-state index is 0.0793. The third kappa shape index (κ3) is 3.56. The summed E-state index contributed by atoms with van der Waals surface area (Å²) in [5, 5.41) is 5.91. The Labute approximate surface area is 183 Å². The normalized spacial score (nSPS) is 19.5. The fourth-order valence-corrected chi connectivity index (χ4v) is 5.46. The Morgan fingerprint density at radius 1 is 1.07 bits per heavy atom. The quantitative estimate of drug-likeness (QED) is 0.563. The van der Waals surface area contributed by atoms with Crippen molar-refractivity contribution in [1.82, 2.24) is 15.2 Å². The third-order valence-corrected chi connectivity index (χ3v) is 7.01. The molecule has 1 atom stereocenters. The van der Waals surface area contributed by atoms with Gasteiger partial charge in [0.25, 0.3) is 0 Å². The van der Waals surface area contributed by atoms with Gasteiger partial charge in [0, 0.05) is 29.2 Å². The summed E-state index contributed by atoms with van der Waals surface area (Å²) in [7, 11) is 1.71. The Hall–Kier alpha value is -2.53. The van der Waals surface area contributed by atoms with Gasteiger partial charge in [0.2, 0.25) is 0 Å². The summed E-state index contributed by atoms with van der Waals surface area (Å²) in [6.07, 6.45) is 7.39. The first-order chi connectivity index (χ1) is 14.7. The lowest BCUT2D eigenvalue weighted by atomic mass is 9.92. The number of H-pyrrole nitrogens is 1. The molecule has 1 saturated carbocycles. The molecular formula is C25H29N3OS. The van der Waals surface area contributed by atoms with Crippen molar-refractivity contribution in [3.63, 3.8) is 0 Å². The van der Waals surface area contributed by atoms with Gasteiger partial charge in [-0.25, -0.2) is 0 Å². The monoisotopic (exact) mass is 419 g/mol. The van der Waals surface area contributed by atoms with Gasteiger partial charge in [-0.1, -0.05) is 49.6 Å². The zero-order valence-corrected chi connectivity index (χ0v) is 18.3. The second-order valence-electron chi connectivity index (χ2n) is 8.47. The van der Waals surface area contributed by atoms with Crippen molar-refractivity contribution < 1.29 is 4.74 Å². The fraction of sp³-hybridized carbons (Fsp3) is 0.400. The Morgan fingerprint density at radius 3 is 2.60 bits per heavy atom. The molecule has 0 radical (unpaired) electrons. The van der Waals surface area contributed by atoms with Crippen LogP contribution in [0.25, 0.3) is 10.9 Å². The SMILES string of the molecule is COc1ccc(C2c3[nH]c4ccccc4c3CCN2C(=S)NC2CCCCC2)cc1. The number of hydrogen-bond acceptors (Lipinski definition) is 2. The molecule has 0 saturated heterocycles. The lowest BCUT2D eigenvalue weighted by Gasteiger charge is -2.39. The Morgan fingerprint density at radius 2 is 1.83 bits per heavy atom. The van der Waals surface area contributed by atoms with Crippen LogP contribution in [-0.4, -0.2) is 34.7 Å². The van der Waals surface area contributed by atoms with Crippen molar-refractivity contribution in [2.24, 2.45) is 0 Å². The molecule has 1 aliphatic heterocycles. The lowest BCUT2D eigenvalue weighted by molar-refractivity contribution is 0.315. The van der Waals surface area contributed by atoms with Crippen LogP contribution in [0.3, 0.4) is 0 Å². The Bertz CT molecular complexity index is 1040. The number of aromatic amines is 1. The Kier molecular flexibility index (Phi) is 5.38. The molecule has 2 aromatic carbocycles. The highest BCUT2D eigenvalue weighted by molar-refractivity contribution is 7.80. The smallest absolute Gasteiger partial charge is 0.170 e. The number of para-hydroxylation sites is 1. The first kappa shape index (κ1) is 19.4. The maximum absolute atomic E-state index is 5.97. The standard InChI is InChI=1S/C25H29N3OS/c1-29-19-13-11-17(12-14-19)24-23-21(20-9-5-6-10-22(20)27-23)15-16-28(24)25(30)26-18-7-3-2-4-8-18/h5-6,9-14,18,24,27H,2-4,7-8,15-16H2,1H3,(H,26,30). The van der Waals surface area contributed by atoms with Crippen molar-refractivity contribution in [1.29, 1.82) is 0 Å². The van der Waals surface area contributed by atoms with E-state index in [1.54, 1.807) is 7.11 Å². The van der Waals surface area contributed by atoms with E-state index in [2.05, 4.69) is 51.6 Å². The van der Waals surface area contributed by atoms with E-state index >= 15 is 0 Å². The van der Waals surface area contributed by atoms with Crippen molar-refractivity contribution in [2.75, 3.05) is 13.7 Å². The molecule has 5 heteroatoms. The molecule has 1 aromatic heterocycles. The number of thiocarbonyl (C=S) groups is 1. The van der Waals surface area contributed by atoms with Crippen LogP contribution in [0.4, 0.5) is 0 Å². The molecule has 0 spiro atoms. The molecule has 1 aliphatic carbocycles. The lowest BCUT2D eigenvalue weighted by Crippen LogP contribution is -2.49. The number of methoxy groups -OCH3 is 1. The summed E-state index contributed by atoms with van der Waals surface area (Å²) >= 11 is 5.97. The summed E-state index contributed by atoms with van der Waals surface area (Å²) in [4.78, 5) is 6.10. The van der Waals surface area contributed by atoms with E-state index in [0.29, 0.717) is 6.04 Å². The van der Waals surface area contributed by atoms with E-state index in [1.807, 2.05) is 12.1 Å². The molecule has 5 rings (SSSR count). The Balaban J connectivity index is 1.53. The van der Waals surface area contributed by atoms with Gasteiger partial charge in [-0.3, -0.25) is 0 Å². The zero-order valence-electron chi connectivity index (χ0n) is 17.5. The van der Waals surface area contributed by atoms with Crippen molar-refractivity contribution >= 4 is 28.2 Å². The molecule has 1 unspecified atom stereocenters. The number of hydrogen-bond donors (Lipinski definition) is 2. The fourth-order valence-electron chi connectivity index (χ4n) is 5.10. The molecule has 156 valence electrons. The van der Waals surface area contributed by atoms with Crippen LogP contribution in [0.1, 0.15) is 55.0 Å². The van der Waals surface area contributed by atoms with Crippen molar-refractivity contribution in [3.8, 4) is 5.75 Å². The topological polar surface area (TPSA) is 40.3 Å². The molecule has 2 N–H and O–H groups in total. The van der Waals surface area contributed by atoms with Gasteiger partial charge >= 0.3 is 0 Å². The van der Waals surface area contributed by atoms with E-state index in [0.717, 1.165) is 23.8 Å². The number of nitrogens with one attached hydrogen (secondary N) is 2. The zero-order chi connectivity index (χ0) is 20.5. The van der Waals surface area contributed by atoms with E-state index in [-0.39, 0.29) is 6.04 Å². The largest absolute Gasteiger partial charge is 0.497 e. The highest BCUT2D eigenvalue weighted by atomic mass is 32.1. The van der Waals surface area contributed by atoms with Gasteiger partial charge in [-0.05, 0) is 60.8 Å². The van der Waals surface area contributed by atoms with Crippen LogP contribution < -0.4 is 10.1 Å². The summed E-state index contributed by atoms with van der Waals surface area (Å²) in [6.45, 7) is 0.921. The van der Waals surface area contributed by atoms with Crippen molar-refractivity contribution in [3.05, 3.63) is 65.4 Å². The number of aromatic nitrogens is 1. The predicted molar refractivity (Wildman–Crippen MR) is 126 cm³/mol. The molecule has 0 amide bonds. The minimum absolute atomic E-state index is 0.0793. The average molecular weight is 420 g/mol. The number of nitrogens with zero attached hydrogens (tertiary/aromatic N) is 1. The van der Waals surface area contributed by atoms with Crippen LogP contribution in [0, 0.1) is 0 Å². The van der Waals surface area contributed by atoms with Gasteiger partial charge in [-0.2, -0.15) is 0 Å². The van der Waals surface area contributed by atoms with E-state index in [4.69, 9.17) is 17.0 Å². The molecule has 3 aromatic rings. The molecular weight excluding hydrogens is 390 g/mol. The first-order valence-electron chi connectivity index (χ1n) is 11.0. The van der Waals surface area contributed by atoms with Crippen molar-refractivity contribution in [2.45, 2.75) is 50.6 Å².